The van der Waals surface area contributed by atoms with Gasteiger partial charge in [0.1, 0.15) is 5.78 Å². The monoisotopic (exact) mass is 229 g/mol. The molecule has 17 heavy (non-hydrogen) atoms. The van der Waals surface area contributed by atoms with E-state index in [1.54, 1.807) is 12.3 Å². The zero-order valence-electron chi connectivity index (χ0n) is 9.74. The van der Waals surface area contributed by atoms with E-state index in [4.69, 9.17) is 0 Å². The Morgan fingerprint density at radius 1 is 1.18 bits per heavy atom. The summed E-state index contributed by atoms with van der Waals surface area (Å²) in [5.74, 6) is 0.400. The van der Waals surface area contributed by atoms with Crippen LogP contribution in [0.1, 0.15) is 48.2 Å². The summed E-state index contributed by atoms with van der Waals surface area (Å²) >= 11 is 0. The zero-order chi connectivity index (χ0) is 11.9. The standard InChI is InChI=1S/C14H15NO2/c16-10-3-1-6-14(9-10)7-5-12-11(13(14)17)4-2-8-15-12/h2,4,8H,1,3,5-7,9H2. The second-order valence-electron chi connectivity index (χ2n) is 5.18. The third-order valence-corrected chi connectivity index (χ3v) is 4.10. The van der Waals surface area contributed by atoms with E-state index in [-0.39, 0.29) is 11.6 Å². The van der Waals surface area contributed by atoms with Crippen molar-refractivity contribution < 1.29 is 9.59 Å². The second kappa shape index (κ2) is 3.76. The van der Waals surface area contributed by atoms with Crippen molar-refractivity contribution in [2.45, 2.75) is 38.5 Å². The molecule has 0 saturated heterocycles. The van der Waals surface area contributed by atoms with Gasteiger partial charge in [-0.05, 0) is 37.8 Å². The summed E-state index contributed by atoms with van der Waals surface area (Å²) in [5, 5.41) is 0. The molecular weight excluding hydrogens is 214 g/mol. The first-order valence-electron chi connectivity index (χ1n) is 6.22. The lowest BCUT2D eigenvalue weighted by atomic mass is 9.63. The average Bonchev–Trinajstić information content (AvgIpc) is 2.35. The molecule has 0 radical (unpaired) electrons. The number of ketones is 2. The maximum atomic E-state index is 12.5. The number of fused-ring (bicyclic) bond motifs is 1. The molecule has 0 aromatic carbocycles. The fourth-order valence-corrected chi connectivity index (χ4v) is 3.19. The number of aryl methyl sites for hydroxylation is 1. The number of rotatable bonds is 0. The van der Waals surface area contributed by atoms with Crippen LogP contribution < -0.4 is 0 Å². The van der Waals surface area contributed by atoms with E-state index in [9.17, 15) is 9.59 Å². The summed E-state index contributed by atoms with van der Waals surface area (Å²) in [7, 11) is 0. The number of aromatic nitrogens is 1. The fourth-order valence-electron chi connectivity index (χ4n) is 3.19. The maximum absolute atomic E-state index is 12.5. The smallest absolute Gasteiger partial charge is 0.171 e. The highest BCUT2D eigenvalue weighted by Crippen LogP contribution is 2.44. The Balaban J connectivity index is 2.01. The van der Waals surface area contributed by atoms with Gasteiger partial charge in [0.05, 0.1) is 5.69 Å². The molecule has 1 heterocycles. The highest BCUT2D eigenvalue weighted by atomic mass is 16.1. The molecule has 1 unspecified atom stereocenters. The topological polar surface area (TPSA) is 47.0 Å². The minimum absolute atomic E-state index is 0.153. The van der Waals surface area contributed by atoms with Crippen LogP contribution in [0.15, 0.2) is 18.3 Å². The van der Waals surface area contributed by atoms with Crippen LogP contribution in [-0.2, 0) is 11.2 Å². The van der Waals surface area contributed by atoms with Crippen LogP contribution >= 0.6 is 0 Å². The normalized spacial score (nSPS) is 28.2. The van der Waals surface area contributed by atoms with Gasteiger partial charge in [-0.2, -0.15) is 0 Å². The predicted octanol–water partition coefficient (Wildman–Crippen LogP) is 2.34. The molecule has 2 aliphatic carbocycles. The highest BCUT2D eigenvalue weighted by Gasteiger charge is 2.45. The second-order valence-corrected chi connectivity index (χ2v) is 5.18. The van der Waals surface area contributed by atoms with Crippen molar-refractivity contribution in [1.29, 1.82) is 0 Å². The Morgan fingerprint density at radius 3 is 2.88 bits per heavy atom. The molecule has 3 nitrogen and oxygen atoms in total. The third-order valence-electron chi connectivity index (χ3n) is 4.10. The van der Waals surface area contributed by atoms with Gasteiger partial charge in [-0.3, -0.25) is 14.6 Å². The van der Waals surface area contributed by atoms with Gasteiger partial charge in [0.2, 0.25) is 0 Å². The van der Waals surface area contributed by atoms with Gasteiger partial charge in [-0.25, -0.2) is 0 Å². The number of pyridine rings is 1. The Morgan fingerprint density at radius 2 is 2.06 bits per heavy atom. The quantitative estimate of drug-likeness (QED) is 0.686. The third kappa shape index (κ3) is 1.61. The first kappa shape index (κ1) is 10.6. The molecule has 0 aliphatic heterocycles. The van der Waals surface area contributed by atoms with Crippen molar-refractivity contribution in [1.82, 2.24) is 4.98 Å². The Kier molecular flexibility index (Phi) is 2.35. The minimum Gasteiger partial charge on any atom is -0.300 e. The van der Waals surface area contributed by atoms with Gasteiger partial charge >= 0.3 is 0 Å². The largest absolute Gasteiger partial charge is 0.300 e. The molecule has 0 N–H and O–H groups in total. The molecule has 3 rings (SSSR count). The van der Waals surface area contributed by atoms with Crippen LogP contribution in [0.2, 0.25) is 0 Å². The molecule has 1 spiro atoms. The van der Waals surface area contributed by atoms with Crippen LogP contribution in [-0.4, -0.2) is 16.6 Å². The Labute approximate surface area is 100 Å². The lowest BCUT2D eigenvalue weighted by Crippen LogP contribution is -2.40. The molecular formula is C14H15NO2. The molecule has 1 atom stereocenters. The summed E-state index contributed by atoms with van der Waals surface area (Å²) in [5.41, 5.74) is 1.25. The SMILES string of the molecule is O=C1CCCC2(CCc3ncccc3C2=O)C1. The van der Waals surface area contributed by atoms with Crippen LogP contribution in [0, 0.1) is 5.41 Å². The summed E-state index contributed by atoms with van der Waals surface area (Å²) in [6.07, 6.45) is 6.17. The van der Waals surface area contributed by atoms with Gasteiger partial charge in [0.15, 0.2) is 5.78 Å². The number of carbonyl (C=O) groups is 2. The van der Waals surface area contributed by atoms with Crippen molar-refractivity contribution in [2.24, 2.45) is 5.41 Å². The molecule has 3 heteroatoms. The van der Waals surface area contributed by atoms with Crippen molar-refractivity contribution in [3.05, 3.63) is 29.6 Å². The Hall–Kier alpha value is -1.51. The molecule has 88 valence electrons. The van der Waals surface area contributed by atoms with E-state index < -0.39 is 5.41 Å². The summed E-state index contributed by atoms with van der Waals surface area (Å²) in [4.78, 5) is 28.4. The number of hydrogen-bond donors (Lipinski definition) is 0. The maximum Gasteiger partial charge on any atom is 0.171 e. The highest BCUT2D eigenvalue weighted by molar-refractivity contribution is 6.04. The van der Waals surface area contributed by atoms with E-state index in [0.717, 1.165) is 36.9 Å². The molecule has 0 amide bonds. The lowest BCUT2D eigenvalue weighted by Gasteiger charge is -2.38. The van der Waals surface area contributed by atoms with E-state index in [1.165, 1.54) is 0 Å². The summed E-state index contributed by atoms with van der Waals surface area (Å²) in [6.45, 7) is 0. The van der Waals surface area contributed by atoms with Gasteiger partial charge in [0.25, 0.3) is 0 Å². The van der Waals surface area contributed by atoms with E-state index >= 15 is 0 Å². The zero-order valence-corrected chi connectivity index (χ0v) is 9.74. The van der Waals surface area contributed by atoms with E-state index in [1.807, 2.05) is 6.07 Å². The van der Waals surface area contributed by atoms with Gasteiger partial charge in [-0.1, -0.05) is 0 Å². The molecule has 1 aromatic heterocycles. The van der Waals surface area contributed by atoms with Gasteiger partial charge < -0.3 is 0 Å². The molecule has 1 fully saturated rings. The summed E-state index contributed by atoms with van der Waals surface area (Å²) in [6, 6.07) is 3.66. The average molecular weight is 229 g/mol. The molecule has 1 aromatic rings. The number of carbonyl (C=O) groups excluding carboxylic acids is 2. The fraction of sp³-hybridized carbons (Fsp3) is 0.500. The van der Waals surface area contributed by atoms with Gasteiger partial charge in [0, 0.05) is 30.0 Å². The number of Topliss-reactive ketones (excluding diaryl/α,β-unsaturated/α-hetero) is 2. The first-order chi connectivity index (χ1) is 8.21. The molecule has 1 saturated carbocycles. The van der Waals surface area contributed by atoms with Crippen LogP contribution in [0.4, 0.5) is 0 Å². The predicted molar refractivity (Wildman–Crippen MR) is 62.8 cm³/mol. The minimum atomic E-state index is -0.397. The van der Waals surface area contributed by atoms with E-state index in [0.29, 0.717) is 12.8 Å². The van der Waals surface area contributed by atoms with Crippen LogP contribution in [0.3, 0.4) is 0 Å². The van der Waals surface area contributed by atoms with Crippen molar-refractivity contribution in [2.75, 3.05) is 0 Å². The summed E-state index contributed by atoms with van der Waals surface area (Å²) < 4.78 is 0. The molecule has 2 aliphatic rings. The lowest BCUT2D eigenvalue weighted by molar-refractivity contribution is -0.123. The van der Waals surface area contributed by atoms with E-state index in [2.05, 4.69) is 4.98 Å². The first-order valence-corrected chi connectivity index (χ1v) is 6.22. The Bertz CT molecular complexity index is 495. The number of nitrogens with zero attached hydrogens (tertiary/aromatic N) is 1. The van der Waals surface area contributed by atoms with Crippen molar-refractivity contribution >= 4 is 11.6 Å². The van der Waals surface area contributed by atoms with Gasteiger partial charge in [-0.15, -0.1) is 0 Å². The molecule has 0 bridgehead atoms. The van der Waals surface area contributed by atoms with Crippen molar-refractivity contribution in [3.63, 3.8) is 0 Å². The number of hydrogen-bond acceptors (Lipinski definition) is 3. The van der Waals surface area contributed by atoms with Crippen LogP contribution in [0.5, 0.6) is 0 Å². The van der Waals surface area contributed by atoms with Crippen molar-refractivity contribution in [3.8, 4) is 0 Å². The van der Waals surface area contributed by atoms with Crippen LogP contribution in [0.25, 0.3) is 0 Å².